The van der Waals surface area contributed by atoms with Crippen molar-refractivity contribution in [2.45, 2.75) is 19.1 Å². The van der Waals surface area contributed by atoms with E-state index in [0.717, 1.165) is 21.9 Å². The summed E-state index contributed by atoms with van der Waals surface area (Å²) in [6.07, 6.45) is -2.56. The highest BCUT2D eigenvalue weighted by atomic mass is 32.1. The highest BCUT2D eigenvalue weighted by Crippen LogP contribution is 2.30. The fraction of sp³-hybridized carbons (Fsp3) is 0.158. The Morgan fingerprint density at radius 2 is 2.10 bits per heavy atom. The van der Waals surface area contributed by atoms with Crippen molar-refractivity contribution in [3.63, 3.8) is 0 Å². The molecule has 0 saturated heterocycles. The molecule has 0 aliphatic carbocycles. The average Bonchev–Trinajstić information content (AvgIpc) is 3.45. The standard InChI is InChI=1S/C19H14F3N5OS3/c20-19(21,22)12-4-1-3-11(7-12)8-13-9-23-17(31-13)24-15(28)10-27-16(25-26-18(27)29)14-5-2-6-30-14/h1-7,9H,8,10H2,(H,26,29)(H,23,24,28). The van der Waals surface area contributed by atoms with Crippen molar-refractivity contribution >= 4 is 45.9 Å². The number of thiophene rings is 1. The lowest BCUT2D eigenvalue weighted by atomic mass is 10.1. The quantitative estimate of drug-likeness (QED) is 0.363. The maximum Gasteiger partial charge on any atom is 0.416 e. The van der Waals surface area contributed by atoms with Crippen LogP contribution in [0.4, 0.5) is 18.3 Å². The maximum absolute atomic E-state index is 12.9. The molecule has 6 nitrogen and oxygen atoms in total. The number of anilines is 1. The molecule has 4 aromatic rings. The highest BCUT2D eigenvalue weighted by Gasteiger charge is 2.30. The molecular weight excluding hydrogens is 467 g/mol. The predicted molar refractivity (Wildman–Crippen MR) is 116 cm³/mol. The summed E-state index contributed by atoms with van der Waals surface area (Å²) >= 11 is 7.91. The fourth-order valence-corrected chi connectivity index (χ4v) is 4.65. The van der Waals surface area contributed by atoms with Crippen molar-refractivity contribution in [1.82, 2.24) is 19.7 Å². The monoisotopic (exact) mass is 481 g/mol. The van der Waals surface area contributed by atoms with Crippen LogP contribution >= 0.6 is 34.9 Å². The van der Waals surface area contributed by atoms with E-state index in [1.165, 1.54) is 28.7 Å². The Morgan fingerprint density at radius 1 is 1.26 bits per heavy atom. The first-order valence-electron chi connectivity index (χ1n) is 8.89. The molecule has 4 rings (SSSR count). The van der Waals surface area contributed by atoms with E-state index < -0.39 is 11.7 Å². The molecule has 1 aromatic carbocycles. The number of thiazole rings is 1. The number of benzene rings is 1. The lowest BCUT2D eigenvalue weighted by Crippen LogP contribution is -2.19. The van der Waals surface area contributed by atoms with E-state index in [9.17, 15) is 18.0 Å². The zero-order chi connectivity index (χ0) is 22.0. The molecule has 31 heavy (non-hydrogen) atoms. The zero-order valence-corrected chi connectivity index (χ0v) is 18.1. The van der Waals surface area contributed by atoms with Crippen LogP contribution in [0.3, 0.4) is 0 Å². The van der Waals surface area contributed by atoms with Gasteiger partial charge in [0.1, 0.15) is 6.54 Å². The minimum Gasteiger partial charge on any atom is -0.300 e. The Morgan fingerprint density at radius 3 is 2.84 bits per heavy atom. The van der Waals surface area contributed by atoms with Gasteiger partial charge in [-0.15, -0.1) is 22.7 Å². The SMILES string of the molecule is O=C(Cn1c(-c2cccs2)n[nH]c1=S)Nc1ncc(Cc2cccc(C(F)(F)F)c2)s1. The van der Waals surface area contributed by atoms with Gasteiger partial charge >= 0.3 is 6.18 Å². The Balaban J connectivity index is 1.43. The van der Waals surface area contributed by atoms with Crippen LogP contribution < -0.4 is 5.32 Å². The molecule has 0 spiro atoms. The number of carbonyl (C=O) groups excluding carboxylic acids is 1. The van der Waals surface area contributed by atoms with Crippen LogP contribution in [0.5, 0.6) is 0 Å². The minimum atomic E-state index is -4.39. The van der Waals surface area contributed by atoms with E-state index in [4.69, 9.17) is 12.2 Å². The third-order valence-corrected chi connectivity index (χ3v) is 6.32. The number of carbonyl (C=O) groups is 1. The molecule has 0 unspecified atom stereocenters. The number of hydrogen-bond acceptors (Lipinski definition) is 6. The second-order valence-corrected chi connectivity index (χ2v) is 8.92. The van der Waals surface area contributed by atoms with Crippen molar-refractivity contribution in [1.29, 1.82) is 0 Å². The van der Waals surface area contributed by atoms with Crippen molar-refractivity contribution in [3.05, 3.63) is 68.8 Å². The molecule has 1 amide bonds. The number of rotatable bonds is 6. The number of aromatic amines is 1. The van der Waals surface area contributed by atoms with E-state index in [-0.39, 0.29) is 18.9 Å². The van der Waals surface area contributed by atoms with Gasteiger partial charge in [-0.25, -0.2) is 4.98 Å². The summed E-state index contributed by atoms with van der Waals surface area (Å²) in [6, 6.07) is 8.91. The summed E-state index contributed by atoms with van der Waals surface area (Å²) in [5.41, 5.74) is -0.178. The molecule has 3 heterocycles. The molecule has 12 heteroatoms. The first-order valence-corrected chi connectivity index (χ1v) is 11.0. The van der Waals surface area contributed by atoms with Crippen LogP contribution in [0.25, 0.3) is 10.7 Å². The van der Waals surface area contributed by atoms with E-state index >= 15 is 0 Å². The number of H-pyrrole nitrogens is 1. The normalized spacial score (nSPS) is 11.6. The van der Waals surface area contributed by atoms with Gasteiger partial charge in [0, 0.05) is 17.5 Å². The molecule has 0 aliphatic heterocycles. The van der Waals surface area contributed by atoms with E-state index in [2.05, 4.69) is 20.5 Å². The van der Waals surface area contributed by atoms with Gasteiger partial charge < -0.3 is 5.32 Å². The number of nitrogens with one attached hydrogen (secondary N) is 2. The second-order valence-electron chi connectivity index (χ2n) is 6.47. The molecule has 160 valence electrons. The number of amides is 1. The third-order valence-electron chi connectivity index (χ3n) is 4.23. The molecule has 0 atom stereocenters. The van der Waals surface area contributed by atoms with Crippen LogP contribution in [0.2, 0.25) is 0 Å². The highest BCUT2D eigenvalue weighted by molar-refractivity contribution is 7.71. The zero-order valence-electron chi connectivity index (χ0n) is 15.6. The fourth-order valence-electron chi connectivity index (χ4n) is 2.87. The Kier molecular flexibility index (Phi) is 6.03. The molecular formula is C19H14F3N5OS3. The van der Waals surface area contributed by atoms with Gasteiger partial charge in [0.05, 0.1) is 10.4 Å². The third kappa shape index (κ3) is 5.09. The van der Waals surface area contributed by atoms with Crippen molar-refractivity contribution < 1.29 is 18.0 Å². The van der Waals surface area contributed by atoms with Gasteiger partial charge in [-0.1, -0.05) is 24.3 Å². The van der Waals surface area contributed by atoms with Crippen LogP contribution in [0, 0.1) is 4.77 Å². The largest absolute Gasteiger partial charge is 0.416 e. The molecule has 0 bridgehead atoms. The van der Waals surface area contributed by atoms with Crippen LogP contribution in [-0.4, -0.2) is 25.7 Å². The number of hydrogen-bond donors (Lipinski definition) is 2. The van der Waals surface area contributed by atoms with Gasteiger partial charge in [0.25, 0.3) is 0 Å². The van der Waals surface area contributed by atoms with Gasteiger partial charge in [-0.05, 0) is 35.3 Å². The minimum absolute atomic E-state index is 0.0505. The lowest BCUT2D eigenvalue weighted by molar-refractivity contribution is -0.137. The smallest absolute Gasteiger partial charge is 0.300 e. The van der Waals surface area contributed by atoms with Crippen LogP contribution in [-0.2, 0) is 23.9 Å². The molecule has 3 aromatic heterocycles. The molecule has 0 fully saturated rings. The summed E-state index contributed by atoms with van der Waals surface area (Å²) in [5.74, 6) is 0.231. The molecule has 2 N–H and O–H groups in total. The summed E-state index contributed by atoms with van der Waals surface area (Å²) in [4.78, 5) is 18.3. The van der Waals surface area contributed by atoms with Crippen LogP contribution in [0.1, 0.15) is 16.0 Å². The number of halogens is 3. The summed E-state index contributed by atoms with van der Waals surface area (Å²) in [5, 5.41) is 11.8. The van der Waals surface area contributed by atoms with Crippen molar-refractivity contribution in [3.8, 4) is 10.7 Å². The van der Waals surface area contributed by atoms with Crippen molar-refractivity contribution in [2.75, 3.05) is 5.32 Å². The number of alkyl halides is 3. The summed E-state index contributed by atoms with van der Waals surface area (Å²) in [7, 11) is 0. The van der Waals surface area contributed by atoms with Gasteiger partial charge in [0.2, 0.25) is 5.91 Å². The maximum atomic E-state index is 12.9. The second kappa shape index (κ2) is 8.73. The summed E-state index contributed by atoms with van der Waals surface area (Å²) < 4.78 is 40.6. The van der Waals surface area contributed by atoms with E-state index in [1.807, 2.05) is 17.5 Å². The Bertz CT molecular complexity index is 1260. The number of nitrogens with zero attached hydrogens (tertiary/aromatic N) is 3. The molecule has 0 aliphatic rings. The van der Waals surface area contributed by atoms with Crippen molar-refractivity contribution in [2.24, 2.45) is 0 Å². The van der Waals surface area contributed by atoms with Gasteiger partial charge in [-0.3, -0.25) is 14.5 Å². The first-order chi connectivity index (χ1) is 14.8. The Hall–Kier alpha value is -2.83. The number of aromatic nitrogens is 4. The van der Waals surface area contributed by atoms with E-state index in [1.54, 1.807) is 16.8 Å². The van der Waals surface area contributed by atoms with E-state index in [0.29, 0.717) is 21.3 Å². The predicted octanol–water partition coefficient (Wildman–Crippen LogP) is 5.37. The van der Waals surface area contributed by atoms with Gasteiger partial charge in [-0.2, -0.15) is 18.3 Å². The molecule has 0 saturated carbocycles. The topological polar surface area (TPSA) is 75.6 Å². The van der Waals surface area contributed by atoms with Crippen LogP contribution in [0.15, 0.2) is 48.0 Å². The van der Waals surface area contributed by atoms with Gasteiger partial charge in [0.15, 0.2) is 15.7 Å². The Labute approximate surface area is 187 Å². The lowest BCUT2D eigenvalue weighted by Gasteiger charge is -2.08. The average molecular weight is 482 g/mol. The first kappa shape index (κ1) is 21.4. The molecule has 0 radical (unpaired) electrons. The summed E-state index contributed by atoms with van der Waals surface area (Å²) in [6.45, 7) is -0.0505.